The first-order valence-electron chi connectivity index (χ1n) is 7.99. The first kappa shape index (κ1) is 13.7. The Bertz CT molecular complexity index is 741. The predicted octanol–water partition coefficient (Wildman–Crippen LogP) is 1.20. The minimum Gasteiger partial charge on any atom is -0.336 e. The van der Waals surface area contributed by atoms with Crippen LogP contribution in [0.3, 0.4) is 0 Å². The predicted molar refractivity (Wildman–Crippen MR) is 84.0 cm³/mol. The van der Waals surface area contributed by atoms with Crippen LogP contribution in [0.1, 0.15) is 40.5 Å². The minimum atomic E-state index is 0.118. The molecule has 116 valence electrons. The molecular weight excluding hydrogens is 278 g/mol. The van der Waals surface area contributed by atoms with Crippen molar-refractivity contribution in [3.8, 4) is 0 Å². The van der Waals surface area contributed by atoms with E-state index in [-0.39, 0.29) is 5.91 Å². The third kappa shape index (κ3) is 2.18. The SMILES string of the molecule is Cc1nn(C)c2nc(C3CC3)cc(C(=O)N3CCNCC3)c12. The van der Waals surface area contributed by atoms with E-state index >= 15 is 0 Å². The molecule has 6 heteroatoms. The number of hydrogen-bond acceptors (Lipinski definition) is 4. The third-order valence-corrected chi connectivity index (χ3v) is 4.62. The second-order valence-electron chi connectivity index (χ2n) is 6.32. The lowest BCUT2D eigenvalue weighted by atomic mass is 10.1. The van der Waals surface area contributed by atoms with Crippen LogP contribution in [0.5, 0.6) is 0 Å². The molecule has 1 saturated carbocycles. The average Bonchev–Trinajstić information content (AvgIpc) is 3.34. The summed E-state index contributed by atoms with van der Waals surface area (Å²) >= 11 is 0. The van der Waals surface area contributed by atoms with Gasteiger partial charge in [-0.3, -0.25) is 9.48 Å². The number of hydrogen-bond donors (Lipinski definition) is 1. The number of aromatic nitrogens is 3. The van der Waals surface area contributed by atoms with Crippen LogP contribution in [-0.2, 0) is 7.05 Å². The van der Waals surface area contributed by atoms with E-state index < -0.39 is 0 Å². The van der Waals surface area contributed by atoms with Gasteiger partial charge in [-0.15, -0.1) is 0 Å². The van der Waals surface area contributed by atoms with Crippen LogP contribution in [0.4, 0.5) is 0 Å². The van der Waals surface area contributed by atoms with Gasteiger partial charge in [0.2, 0.25) is 0 Å². The quantitative estimate of drug-likeness (QED) is 0.905. The Morgan fingerprint density at radius 1 is 1.32 bits per heavy atom. The summed E-state index contributed by atoms with van der Waals surface area (Å²) in [5.74, 6) is 0.640. The molecule has 6 nitrogen and oxygen atoms in total. The van der Waals surface area contributed by atoms with Crippen molar-refractivity contribution in [1.29, 1.82) is 0 Å². The number of aryl methyl sites for hydroxylation is 2. The highest BCUT2D eigenvalue weighted by Gasteiger charge is 2.29. The third-order valence-electron chi connectivity index (χ3n) is 4.62. The Morgan fingerprint density at radius 2 is 2.05 bits per heavy atom. The van der Waals surface area contributed by atoms with E-state index in [0.717, 1.165) is 54.2 Å². The summed E-state index contributed by atoms with van der Waals surface area (Å²) in [7, 11) is 1.90. The summed E-state index contributed by atoms with van der Waals surface area (Å²) in [6, 6.07) is 2.01. The largest absolute Gasteiger partial charge is 0.336 e. The fraction of sp³-hybridized carbons (Fsp3) is 0.562. The van der Waals surface area contributed by atoms with Gasteiger partial charge < -0.3 is 10.2 Å². The Balaban J connectivity index is 1.85. The second-order valence-corrected chi connectivity index (χ2v) is 6.32. The van der Waals surface area contributed by atoms with E-state index in [9.17, 15) is 4.79 Å². The number of fused-ring (bicyclic) bond motifs is 1. The number of rotatable bonds is 2. The maximum atomic E-state index is 13.0. The van der Waals surface area contributed by atoms with Crippen molar-refractivity contribution >= 4 is 16.9 Å². The fourth-order valence-electron chi connectivity index (χ4n) is 3.26. The van der Waals surface area contributed by atoms with E-state index in [1.54, 1.807) is 4.68 Å². The van der Waals surface area contributed by atoms with Gasteiger partial charge in [0.1, 0.15) is 0 Å². The highest BCUT2D eigenvalue weighted by atomic mass is 16.2. The van der Waals surface area contributed by atoms with Crippen LogP contribution in [0, 0.1) is 6.92 Å². The van der Waals surface area contributed by atoms with Crippen LogP contribution in [0.2, 0.25) is 0 Å². The van der Waals surface area contributed by atoms with Gasteiger partial charge in [-0.25, -0.2) is 4.98 Å². The summed E-state index contributed by atoms with van der Waals surface area (Å²) < 4.78 is 1.80. The van der Waals surface area contributed by atoms with Gasteiger partial charge in [-0.1, -0.05) is 0 Å². The van der Waals surface area contributed by atoms with Crippen LogP contribution in [0.15, 0.2) is 6.07 Å². The van der Waals surface area contributed by atoms with Crippen molar-refractivity contribution < 1.29 is 4.79 Å². The van der Waals surface area contributed by atoms with E-state index in [0.29, 0.717) is 5.92 Å². The summed E-state index contributed by atoms with van der Waals surface area (Å²) in [5.41, 5.74) is 3.54. The van der Waals surface area contributed by atoms with Gasteiger partial charge in [0.05, 0.1) is 16.6 Å². The summed E-state index contributed by atoms with van der Waals surface area (Å²) in [6.07, 6.45) is 2.35. The molecule has 4 rings (SSSR count). The van der Waals surface area contributed by atoms with Crippen LogP contribution in [0.25, 0.3) is 11.0 Å². The summed E-state index contributed by atoms with van der Waals surface area (Å²) in [6.45, 7) is 5.21. The molecule has 22 heavy (non-hydrogen) atoms. The van der Waals surface area contributed by atoms with Crippen LogP contribution < -0.4 is 5.32 Å². The zero-order valence-electron chi connectivity index (χ0n) is 13.1. The summed E-state index contributed by atoms with van der Waals surface area (Å²) in [5, 5.41) is 8.67. The van der Waals surface area contributed by atoms with Crippen molar-refractivity contribution in [2.75, 3.05) is 26.2 Å². The highest BCUT2D eigenvalue weighted by molar-refractivity contribution is 6.06. The number of carbonyl (C=O) groups excluding carboxylic acids is 1. The van der Waals surface area contributed by atoms with Crippen LogP contribution >= 0.6 is 0 Å². The van der Waals surface area contributed by atoms with Crippen molar-refractivity contribution in [3.63, 3.8) is 0 Å². The molecule has 0 radical (unpaired) electrons. The molecule has 1 amide bonds. The zero-order valence-corrected chi connectivity index (χ0v) is 13.1. The second kappa shape index (κ2) is 5.05. The van der Waals surface area contributed by atoms with E-state index in [1.165, 1.54) is 12.8 Å². The lowest BCUT2D eigenvalue weighted by Crippen LogP contribution is -2.46. The number of piperazine rings is 1. The lowest BCUT2D eigenvalue weighted by molar-refractivity contribution is 0.0737. The molecule has 0 atom stereocenters. The molecule has 2 fully saturated rings. The first-order valence-corrected chi connectivity index (χ1v) is 7.99. The molecule has 2 aromatic heterocycles. The average molecular weight is 299 g/mol. The number of pyridine rings is 1. The van der Waals surface area contributed by atoms with Crippen molar-refractivity contribution in [2.45, 2.75) is 25.7 Å². The van der Waals surface area contributed by atoms with E-state index in [4.69, 9.17) is 4.98 Å². The molecule has 3 heterocycles. The van der Waals surface area contributed by atoms with E-state index in [1.807, 2.05) is 24.9 Å². The molecule has 1 aliphatic carbocycles. The smallest absolute Gasteiger partial charge is 0.254 e. The lowest BCUT2D eigenvalue weighted by Gasteiger charge is -2.27. The maximum Gasteiger partial charge on any atom is 0.254 e. The monoisotopic (exact) mass is 299 g/mol. The van der Waals surface area contributed by atoms with Gasteiger partial charge in [-0.05, 0) is 25.8 Å². The zero-order chi connectivity index (χ0) is 15.3. The number of amides is 1. The standard InChI is InChI=1S/C16H21N5O/c1-10-14-12(16(22)21-7-5-17-6-8-21)9-13(11-3-4-11)18-15(14)20(2)19-10/h9,11,17H,3-8H2,1-2H3. The normalized spacial score (nSPS) is 18.9. The molecule has 1 saturated heterocycles. The Hall–Kier alpha value is -1.95. The van der Waals surface area contributed by atoms with Crippen molar-refractivity contribution in [1.82, 2.24) is 25.0 Å². The maximum absolute atomic E-state index is 13.0. The molecule has 2 aromatic rings. The van der Waals surface area contributed by atoms with Crippen molar-refractivity contribution in [3.05, 3.63) is 23.0 Å². The Morgan fingerprint density at radius 3 is 2.73 bits per heavy atom. The number of nitrogens with one attached hydrogen (secondary N) is 1. The van der Waals surface area contributed by atoms with Gasteiger partial charge in [0, 0.05) is 44.8 Å². The molecular formula is C16H21N5O. The molecule has 0 unspecified atom stereocenters. The minimum absolute atomic E-state index is 0.118. The van der Waals surface area contributed by atoms with Gasteiger partial charge in [0.25, 0.3) is 5.91 Å². The van der Waals surface area contributed by atoms with Crippen molar-refractivity contribution in [2.24, 2.45) is 7.05 Å². The Labute approximate surface area is 129 Å². The van der Waals surface area contributed by atoms with Crippen LogP contribution in [-0.4, -0.2) is 51.8 Å². The van der Waals surface area contributed by atoms with Gasteiger partial charge >= 0.3 is 0 Å². The number of nitrogens with zero attached hydrogens (tertiary/aromatic N) is 4. The molecule has 1 N–H and O–H groups in total. The Kier molecular flexibility index (Phi) is 3.14. The van der Waals surface area contributed by atoms with E-state index in [2.05, 4.69) is 10.4 Å². The molecule has 0 bridgehead atoms. The summed E-state index contributed by atoms with van der Waals surface area (Å²) in [4.78, 5) is 19.7. The molecule has 1 aliphatic heterocycles. The highest BCUT2D eigenvalue weighted by Crippen LogP contribution is 2.40. The van der Waals surface area contributed by atoms with Gasteiger partial charge in [-0.2, -0.15) is 5.10 Å². The first-order chi connectivity index (χ1) is 10.6. The fourth-order valence-corrected chi connectivity index (χ4v) is 3.26. The van der Waals surface area contributed by atoms with Gasteiger partial charge in [0.15, 0.2) is 5.65 Å². The number of carbonyl (C=O) groups is 1. The molecule has 0 aromatic carbocycles. The molecule has 2 aliphatic rings. The molecule has 0 spiro atoms. The topological polar surface area (TPSA) is 63.1 Å².